The number of hydrogen-bond acceptors (Lipinski definition) is 8. The predicted molar refractivity (Wildman–Crippen MR) is 152 cm³/mol. The van der Waals surface area contributed by atoms with Crippen molar-refractivity contribution in [2.24, 2.45) is 0 Å². The van der Waals surface area contributed by atoms with Crippen molar-refractivity contribution in [3.8, 4) is 22.3 Å². The zero-order valence-corrected chi connectivity index (χ0v) is 22.9. The number of nitrogens with zero attached hydrogens (tertiary/aromatic N) is 1. The molecule has 6 nitrogen and oxygen atoms in total. The van der Waals surface area contributed by atoms with E-state index in [1.807, 2.05) is 54.6 Å². The fourth-order valence-corrected chi connectivity index (χ4v) is 5.65. The molecular weight excluding hydrogens is 537 g/mol. The molecule has 0 radical (unpaired) electrons. The number of carbonyl (C=O) groups is 1. The Bertz CT molecular complexity index is 1540. The Hall–Kier alpha value is -3.21. The molecule has 1 N–H and O–H groups in total. The molecule has 0 saturated carbocycles. The molecule has 0 unspecified atom stereocenters. The highest BCUT2D eigenvalue weighted by Crippen LogP contribution is 2.38. The van der Waals surface area contributed by atoms with Crippen LogP contribution in [0.3, 0.4) is 0 Å². The number of pyridine rings is 1. The summed E-state index contributed by atoms with van der Waals surface area (Å²) in [6.07, 6.45) is 4.28. The Morgan fingerprint density at radius 2 is 1.72 bits per heavy atom. The molecule has 3 aromatic carbocycles. The van der Waals surface area contributed by atoms with Crippen molar-refractivity contribution in [3.63, 3.8) is 0 Å². The molecule has 2 heterocycles. The molecule has 4 aromatic rings. The number of hydrogen-bond donors (Lipinski definition) is 1. The summed E-state index contributed by atoms with van der Waals surface area (Å²) >= 11 is 2.45. The minimum atomic E-state index is -0.744. The highest BCUT2D eigenvalue weighted by Gasteiger charge is 2.25. The first-order valence-electron chi connectivity index (χ1n) is 12.3. The van der Waals surface area contributed by atoms with Crippen LogP contribution in [0, 0.1) is 5.82 Å². The van der Waals surface area contributed by atoms with E-state index in [-0.39, 0.29) is 12.2 Å². The van der Waals surface area contributed by atoms with Gasteiger partial charge in [-0.3, -0.25) is 9.78 Å². The summed E-state index contributed by atoms with van der Waals surface area (Å²) in [6, 6.07) is 18.5. The van der Waals surface area contributed by atoms with Crippen LogP contribution in [-0.2, 0) is 17.9 Å². The highest BCUT2D eigenvalue weighted by molar-refractivity contribution is 7.94. The second kappa shape index (κ2) is 12.3. The number of halogens is 1. The van der Waals surface area contributed by atoms with E-state index in [0.29, 0.717) is 22.9 Å². The van der Waals surface area contributed by atoms with Gasteiger partial charge in [-0.15, -0.1) is 0 Å². The van der Waals surface area contributed by atoms with Crippen molar-refractivity contribution in [2.45, 2.75) is 34.8 Å². The largest absolute Gasteiger partial charge is 0.458 e. The molecule has 0 amide bonds. The molecule has 2 atom stereocenters. The van der Waals surface area contributed by atoms with Crippen molar-refractivity contribution in [3.05, 3.63) is 84.3 Å². The average molecular weight is 564 g/mol. The van der Waals surface area contributed by atoms with Crippen LogP contribution < -0.4 is 0 Å². The Morgan fingerprint density at radius 1 is 1.03 bits per heavy atom. The molecule has 1 saturated heterocycles. The van der Waals surface area contributed by atoms with Gasteiger partial charge in [-0.2, -0.15) is 0 Å². The Morgan fingerprint density at radius 3 is 2.41 bits per heavy atom. The summed E-state index contributed by atoms with van der Waals surface area (Å²) in [5.41, 5.74) is 4.16. The molecule has 1 aliphatic rings. The van der Waals surface area contributed by atoms with Gasteiger partial charge in [0.2, 0.25) is 0 Å². The minimum absolute atomic E-state index is 0.00818. The van der Waals surface area contributed by atoms with Crippen molar-refractivity contribution in [1.29, 1.82) is 0 Å². The second-order valence-corrected chi connectivity index (χ2v) is 10.9. The van der Waals surface area contributed by atoms with Gasteiger partial charge in [0.1, 0.15) is 11.9 Å². The van der Waals surface area contributed by atoms with E-state index in [1.54, 1.807) is 32.6 Å². The van der Waals surface area contributed by atoms with Gasteiger partial charge in [0, 0.05) is 63.0 Å². The van der Waals surface area contributed by atoms with Crippen LogP contribution in [0.5, 0.6) is 0 Å². The molecule has 1 aliphatic heterocycles. The Labute approximate surface area is 234 Å². The third-order valence-corrected chi connectivity index (χ3v) is 7.52. The summed E-state index contributed by atoms with van der Waals surface area (Å²) in [5.74, 6) is -0.815. The van der Waals surface area contributed by atoms with Crippen LogP contribution in [0.1, 0.15) is 18.4 Å². The third-order valence-electron chi connectivity index (χ3n) is 6.29. The maximum absolute atomic E-state index is 15.7. The summed E-state index contributed by atoms with van der Waals surface area (Å²) in [6.45, 7) is 0. The molecule has 1 fully saturated rings. The lowest BCUT2D eigenvalue weighted by atomic mass is 9.93. The first-order valence-corrected chi connectivity index (χ1v) is 13.7. The molecule has 9 heteroatoms. The van der Waals surface area contributed by atoms with Crippen LogP contribution >= 0.6 is 24.1 Å². The fourth-order valence-electron chi connectivity index (χ4n) is 4.65. The lowest BCUT2D eigenvalue weighted by Crippen LogP contribution is -2.31. The number of fused-ring (bicyclic) bond motifs is 1. The first kappa shape index (κ1) is 27.4. The number of aromatic nitrogens is 1. The smallest absolute Gasteiger partial charge is 0.309 e. The maximum Gasteiger partial charge on any atom is 0.309 e. The van der Waals surface area contributed by atoms with Gasteiger partial charge in [-0.25, -0.2) is 4.39 Å². The van der Waals surface area contributed by atoms with Crippen molar-refractivity contribution in [2.75, 3.05) is 14.2 Å². The second-order valence-electron chi connectivity index (χ2n) is 8.97. The third kappa shape index (κ3) is 6.34. The van der Waals surface area contributed by atoms with E-state index in [4.69, 9.17) is 13.1 Å². The molecule has 200 valence electrons. The zero-order valence-electron chi connectivity index (χ0n) is 21.3. The van der Waals surface area contributed by atoms with E-state index < -0.39 is 18.2 Å². The number of cyclic esters (lactones) is 1. The first-order chi connectivity index (χ1) is 18.9. The lowest BCUT2D eigenvalue weighted by Gasteiger charge is -2.23. The van der Waals surface area contributed by atoms with Crippen LogP contribution in [0.4, 0.5) is 4.39 Å². The number of carbonyl (C=O) groups excluding carboxylic acids is 1. The lowest BCUT2D eigenvalue weighted by molar-refractivity contribution is -0.156. The summed E-state index contributed by atoms with van der Waals surface area (Å²) in [4.78, 5) is 18.2. The van der Waals surface area contributed by atoms with E-state index in [0.717, 1.165) is 32.0 Å². The maximum atomic E-state index is 15.7. The van der Waals surface area contributed by atoms with Gasteiger partial charge in [0.15, 0.2) is 0 Å². The van der Waals surface area contributed by atoms with Crippen LogP contribution in [0.2, 0.25) is 0 Å². The van der Waals surface area contributed by atoms with E-state index in [2.05, 4.69) is 4.98 Å². The average Bonchev–Trinajstić information content (AvgIpc) is 2.91. The van der Waals surface area contributed by atoms with Gasteiger partial charge in [0.05, 0.1) is 32.3 Å². The van der Waals surface area contributed by atoms with Gasteiger partial charge in [0.25, 0.3) is 0 Å². The predicted octanol–water partition coefficient (Wildman–Crippen LogP) is 7.09. The number of esters is 1. The van der Waals surface area contributed by atoms with Crippen molar-refractivity contribution >= 4 is 47.0 Å². The fraction of sp³-hybridized carbons (Fsp3) is 0.200. The minimum Gasteiger partial charge on any atom is -0.458 e. The summed E-state index contributed by atoms with van der Waals surface area (Å²) in [7, 11) is 3.19. The van der Waals surface area contributed by atoms with Gasteiger partial charge in [-0.05, 0) is 59.2 Å². The van der Waals surface area contributed by atoms with Crippen molar-refractivity contribution in [1.82, 2.24) is 4.98 Å². The molecule has 0 spiro atoms. The summed E-state index contributed by atoms with van der Waals surface area (Å²) in [5, 5.41) is 10.6. The van der Waals surface area contributed by atoms with E-state index in [1.165, 1.54) is 30.2 Å². The number of rotatable bonds is 8. The quantitative estimate of drug-likeness (QED) is 0.180. The number of benzene rings is 3. The Kier molecular flexibility index (Phi) is 8.64. The number of ether oxygens (including phenoxy) is 1. The van der Waals surface area contributed by atoms with Gasteiger partial charge >= 0.3 is 5.97 Å². The molecule has 0 bridgehead atoms. The zero-order chi connectivity index (χ0) is 27.4. The Balaban J connectivity index is 1.64. The normalized spacial score (nSPS) is 17.6. The molecular formula is C30H26FNO5S2. The SMILES string of the molecule is COSc1cccc(-c2cc3ncc(C=C[C@@H]4C[C@@H](O)CC(=O)O4)c(-c4cccc(SOC)c4)c3cc2F)c1. The van der Waals surface area contributed by atoms with Gasteiger partial charge < -0.3 is 18.2 Å². The number of aliphatic hydroxyl groups is 1. The van der Waals surface area contributed by atoms with Crippen LogP contribution in [0.15, 0.2) is 82.7 Å². The van der Waals surface area contributed by atoms with Gasteiger partial charge in [-0.1, -0.05) is 30.3 Å². The highest BCUT2D eigenvalue weighted by atomic mass is 32.2. The molecule has 1 aromatic heterocycles. The molecule has 39 heavy (non-hydrogen) atoms. The van der Waals surface area contributed by atoms with E-state index >= 15 is 4.39 Å². The van der Waals surface area contributed by atoms with Crippen molar-refractivity contribution < 1.29 is 27.4 Å². The monoisotopic (exact) mass is 563 g/mol. The topological polar surface area (TPSA) is 77.9 Å². The molecule has 0 aliphatic carbocycles. The molecule has 5 rings (SSSR count). The standard InChI is InChI=1S/C30H26FNO5S2/c1-35-38-23-7-3-5-18(11-23)25-16-28-26(15-27(25)31)30(19-6-4-8-24(12-19)39-36-2)20(17-32-28)9-10-22-13-21(33)14-29(34)37-22/h3-12,15-17,21-22,33H,13-14H2,1-2H3/t21-,22-/m1/s1. The van der Waals surface area contributed by atoms with Crippen LogP contribution in [-0.4, -0.2) is 42.5 Å². The van der Waals surface area contributed by atoms with E-state index in [9.17, 15) is 9.90 Å². The number of aliphatic hydroxyl groups excluding tert-OH is 1. The summed E-state index contributed by atoms with van der Waals surface area (Å²) < 4.78 is 31.5. The van der Waals surface area contributed by atoms with Crippen LogP contribution in [0.25, 0.3) is 39.2 Å².